The van der Waals surface area contributed by atoms with Crippen LogP contribution in [0.3, 0.4) is 0 Å². The molecule has 3 aliphatic rings. The summed E-state index contributed by atoms with van der Waals surface area (Å²) < 4.78 is 11.9. The Bertz CT molecular complexity index is 813. The molecule has 128 valence electrons. The first-order valence-electron chi connectivity index (χ1n) is 8.41. The zero-order chi connectivity index (χ0) is 17.4. The summed E-state index contributed by atoms with van der Waals surface area (Å²) in [6.45, 7) is 0. The summed E-state index contributed by atoms with van der Waals surface area (Å²) in [4.78, 5) is 13.0. The molecule has 0 spiro atoms. The third-order valence-corrected chi connectivity index (χ3v) is 6.03. The molecule has 0 amide bonds. The van der Waals surface area contributed by atoms with E-state index in [2.05, 4.69) is 34.1 Å². The molecule has 1 fully saturated rings. The van der Waals surface area contributed by atoms with Crippen molar-refractivity contribution in [1.82, 2.24) is 0 Å². The number of rotatable bonds is 4. The average molecular weight is 399 g/mol. The quantitative estimate of drug-likeness (QED) is 0.715. The normalized spacial score (nSPS) is 27.6. The fourth-order valence-electron chi connectivity index (χ4n) is 3.99. The molecule has 1 aliphatic carbocycles. The first kappa shape index (κ1) is 16.4. The minimum Gasteiger partial charge on any atom is -0.497 e. The Labute approximate surface area is 155 Å². The summed E-state index contributed by atoms with van der Waals surface area (Å²) in [5, 5.41) is 0. The van der Waals surface area contributed by atoms with Gasteiger partial charge in [-0.1, -0.05) is 58.4 Å². The molecule has 0 radical (unpaired) electrons. The van der Waals surface area contributed by atoms with E-state index in [-0.39, 0.29) is 18.0 Å². The Balaban J connectivity index is 1.79. The summed E-state index contributed by atoms with van der Waals surface area (Å²) in [6.07, 6.45) is 3.56. The predicted octanol–water partition coefficient (Wildman–Crippen LogP) is 4.40. The lowest BCUT2D eigenvalue weighted by Gasteiger charge is -2.48. The van der Waals surface area contributed by atoms with Crippen LogP contribution in [-0.2, 0) is 21.4 Å². The number of carbonyl (C=O) groups excluding carboxylic acids is 1. The first-order valence-corrected chi connectivity index (χ1v) is 9.20. The van der Waals surface area contributed by atoms with Gasteiger partial charge >= 0.3 is 5.97 Å². The maximum absolute atomic E-state index is 13.0. The maximum atomic E-state index is 13.0. The fraction of sp³-hybridized carbons (Fsp3) is 0.286. The van der Waals surface area contributed by atoms with Crippen molar-refractivity contribution in [1.29, 1.82) is 0 Å². The topological polar surface area (TPSA) is 35.5 Å². The summed E-state index contributed by atoms with van der Waals surface area (Å²) >= 11 is 3.61. The molecule has 4 heteroatoms. The smallest absolute Gasteiger partial charge is 0.321 e. The van der Waals surface area contributed by atoms with E-state index in [9.17, 15) is 4.79 Å². The van der Waals surface area contributed by atoms with E-state index in [1.807, 2.05) is 42.5 Å². The summed E-state index contributed by atoms with van der Waals surface area (Å²) in [5.74, 6) is 0.787. The third-order valence-electron chi connectivity index (χ3n) is 5.30. The fourth-order valence-corrected chi connectivity index (χ4v) is 4.63. The van der Waals surface area contributed by atoms with Crippen molar-refractivity contribution in [3.8, 4) is 5.75 Å². The molecule has 25 heavy (non-hydrogen) atoms. The first-order chi connectivity index (χ1) is 12.1. The molecule has 1 saturated heterocycles. The molecule has 3 atom stereocenters. The molecular formula is C21H19BrO3. The molecule has 1 unspecified atom stereocenters. The van der Waals surface area contributed by atoms with Gasteiger partial charge in [0.1, 0.15) is 17.3 Å². The highest BCUT2D eigenvalue weighted by Gasteiger charge is 2.55. The van der Waals surface area contributed by atoms with Crippen LogP contribution in [-0.4, -0.2) is 19.2 Å². The SMILES string of the molecule is COc1ccc([C@]23C=C(Br)[C@H](CC2Cc2ccccc2)OC3=O)cc1. The van der Waals surface area contributed by atoms with Gasteiger partial charge in [-0.05, 0) is 48.1 Å². The number of methoxy groups -OCH3 is 1. The molecule has 0 saturated carbocycles. The van der Waals surface area contributed by atoms with E-state index in [0.717, 1.165) is 28.6 Å². The lowest BCUT2D eigenvalue weighted by molar-refractivity contribution is -0.164. The van der Waals surface area contributed by atoms with Gasteiger partial charge in [-0.15, -0.1) is 0 Å². The molecular weight excluding hydrogens is 380 g/mol. The number of fused-ring (bicyclic) bond motifs is 2. The van der Waals surface area contributed by atoms with Crippen LogP contribution in [0, 0.1) is 5.92 Å². The highest BCUT2D eigenvalue weighted by molar-refractivity contribution is 9.11. The molecule has 2 aromatic carbocycles. The Morgan fingerprint density at radius 2 is 1.88 bits per heavy atom. The molecule has 3 nitrogen and oxygen atoms in total. The number of esters is 1. The van der Waals surface area contributed by atoms with Gasteiger partial charge in [0.05, 0.1) is 7.11 Å². The highest BCUT2D eigenvalue weighted by Crippen LogP contribution is 2.51. The summed E-state index contributed by atoms with van der Waals surface area (Å²) in [7, 11) is 1.64. The van der Waals surface area contributed by atoms with E-state index in [0.29, 0.717) is 0 Å². The van der Waals surface area contributed by atoms with Gasteiger partial charge in [-0.2, -0.15) is 0 Å². The van der Waals surface area contributed by atoms with Crippen LogP contribution in [0.1, 0.15) is 17.5 Å². The average Bonchev–Trinajstić information content (AvgIpc) is 2.64. The van der Waals surface area contributed by atoms with Gasteiger partial charge in [-0.3, -0.25) is 4.79 Å². The van der Waals surface area contributed by atoms with Crippen molar-refractivity contribution in [2.45, 2.75) is 24.4 Å². The van der Waals surface area contributed by atoms with E-state index in [1.54, 1.807) is 7.11 Å². The second-order valence-corrected chi connectivity index (χ2v) is 7.56. The Morgan fingerprint density at radius 1 is 1.16 bits per heavy atom. The third kappa shape index (κ3) is 2.69. The number of benzene rings is 2. The molecule has 2 heterocycles. The molecule has 0 N–H and O–H groups in total. The number of hydrogen-bond acceptors (Lipinski definition) is 3. The van der Waals surface area contributed by atoms with Crippen LogP contribution in [0.4, 0.5) is 0 Å². The van der Waals surface area contributed by atoms with Crippen molar-refractivity contribution in [3.63, 3.8) is 0 Å². The lowest BCUT2D eigenvalue weighted by Crippen LogP contribution is -2.54. The van der Waals surface area contributed by atoms with Gasteiger partial charge in [-0.25, -0.2) is 0 Å². The lowest BCUT2D eigenvalue weighted by atomic mass is 9.62. The van der Waals surface area contributed by atoms with Gasteiger partial charge < -0.3 is 9.47 Å². The minimum atomic E-state index is -0.754. The summed E-state index contributed by atoms with van der Waals surface area (Å²) in [5.41, 5.74) is 1.44. The van der Waals surface area contributed by atoms with Crippen molar-refractivity contribution in [2.24, 2.45) is 5.92 Å². The number of ether oxygens (including phenoxy) is 2. The van der Waals surface area contributed by atoms with Gasteiger partial charge in [0, 0.05) is 4.48 Å². The Kier molecular flexibility index (Phi) is 4.16. The van der Waals surface area contributed by atoms with E-state index in [4.69, 9.17) is 9.47 Å². The number of halogens is 1. The second-order valence-electron chi connectivity index (χ2n) is 6.64. The van der Waals surface area contributed by atoms with Gasteiger partial charge in [0.2, 0.25) is 0 Å². The molecule has 0 aromatic heterocycles. The molecule has 5 rings (SSSR count). The van der Waals surface area contributed by atoms with Crippen LogP contribution in [0.25, 0.3) is 0 Å². The van der Waals surface area contributed by atoms with E-state index < -0.39 is 5.41 Å². The number of hydrogen-bond donors (Lipinski definition) is 0. The highest BCUT2D eigenvalue weighted by atomic mass is 79.9. The Hall–Kier alpha value is -2.07. The van der Waals surface area contributed by atoms with Crippen LogP contribution in [0.15, 0.2) is 65.2 Å². The largest absolute Gasteiger partial charge is 0.497 e. The standard InChI is InChI=1S/C21H19BrO3/c1-24-17-9-7-15(8-10-17)21-13-18(22)19(25-20(21)23)12-16(21)11-14-5-3-2-4-6-14/h2-10,13,16,19H,11-12H2,1H3/t16?,19-,21+/m0/s1. The molecule has 2 aromatic rings. The van der Waals surface area contributed by atoms with Gasteiger partial charge in [0.15, 0.2) is 0 Å². The monoisotopic (exact) mass is 398 g/mol. The van der Waals surface area contributed by atoms with E-state index in [1.165, 1.54) is 5.56 Å². The zero-order valence-corrected chi connectivity index (χ0v) is 15.5. The zero-order valence-electron chi connectivity index (χ0n) is 13.9. The van der Waals surface area contributed by atoms with Crippen molar-refractivity contribution in [3.05, 3.63) is 76.3 Å². The van der Waals surface area contributed by atoms with E-state index >= 15 is 0 Å². The maximum Gasteiger partial charge on any atom is 0.321 e. The predicted molar refractivity (Wildman–Crippen MR) is 99.8 cm³/mol. The van der Waals surface area contributed by atoms with Crippen molar-refractivity contribution in [2.75, 3.05) is 7.11 Å². The van der Waals surface area contributed by atoms with Crippen molar-refractivity contribution >= 4 is 21.9 Å². The molecule has 2 bridgehead atoms. The Morgan fingerprint density at radius 3 is 2.56 bits per heavy atom. The number of carbonyl (C=O) groups is 1. The summed E-state index contributed by atoms with van der Waals surface area (Å²) in [6, 6.07) is 18.1. The van der Waals surface area contributed by atoms with Crippen LogP contribution < -0.4 is 4.74 Å². The van der Waals surface area contributed by atoms with Crippen LogP contribution >= 0.6 is 15.9 Å². The van der Waals surface area contributed by atoms with Crippen LogP contribution in [0.2, 0.25) is 0 Å². The molecule has 2 aliphatic heterocycles. The van der Waals surface area contributed by atoms with Crippen LogP contribution in [0.5, 0.6) is 5.75 Å². The second kappa shape index (κ2) is 6.34. The van der Waals surface area contributed by atoms with Gasteiger partial charge in [0.25, 0.3) is 0 Å². The minimum absolute atomic E-state index is 0.155. The van der Waals surface area contributed by atoms with Crippen molar-refractivity contribution < 1.29 is 14.3 Å².